The zero-order valence-corrected chi connectivity index (χ0v) is 7.78. The van der Waals surface area contributed by atoms with Gasteiger partial charge in [0.1, 0.15) is 0 Å². The molecule has 0 N–H and O–H groups in total. The van der Waals surface area contributed by atoms with Gasteiger partial charge in [0.25, 0.3) is 0 Å². The minimum atomic E-state index is 0. The lowest BCUT2D eigenvalue weighted by Crippen LogP contribution is -2.29. The number of halogens is 3. The first-order chi connectivity index (χ1) is 4.30. The van der Waals surface area contributed by atoms with Gasteiger partial charge in [-0.05, 0) is 26.9 Å². The zero-order chi connectivity index (χ0) is 6.69. The molecule has 0 atom stereocenters. The van der Waals surface area contributed by atoms with E-state index in [0.29, 0.717) is 0 Å². The van der Waals surface area contributed by atoms with Crippen LogP contribution in [0.3, 0.4) is 0 Å². The highest BCUT2D eigenvalue weighted by molar-refractivity contribution is 4.70. The summed E-state index contributed by atoms with van der Waals surface area (Å²) >= 11 is 0. The Kier molecular flexibility index (Phi) is 13.1. The predicted molar refractivity (Wildman–Crippen MR) is 48.1 cm³/mol. The van der Waals surface area contributed by atoms with Gasteiger partial charge < -0.3 is 4.90 Å². The Morgan fingerprint density at radius 3 is 1.50 bits per heavy atom. The Bertz CT molecular complexity index is 82.4. The lowest BCUT2D eigenvalue weighted by atomic mass is 9.95. The summed E-state index contributed by atoms with van der Waals surface area (Å²) in [6.07, 6.45) is 7.20. The molecule has 0 saturated heterocycles. The molecule has 0 bridgehead atoms. The van der Waals surface area contributed by atoms with E-state index >= 15 is 0 Å². The van der Waals surface area contributed by atoms with E-state index in [1.807, 2.05) is 0 Å². The fraction of sp³-hybridized carbons (Fsp3) is 1.00. The molecule has 1 saturated carbocycles. The van der Waals surface area contributed by atoms with Crippen molar-refractivity contribution in [3.63, 3.8) is 0 Å². The van der Waals surface area contributed by atoms with Gasteiger partial charge in [-0.15, -0.1) is 0 Å². The van der Waals surface area contributed by atoms with Crippen molar-refractivity contribution >= 4 is 0 Å². The molecule has 0 unspecified atom stereocenters. The van der Waals surface area contributed by atoms with E-state index in [1.165, 1.54) is 32.1 Å². The molecule has 12 heavy (non-hydrogen) atoms. The van der Waals surface area contributed by atoms with Crippen LogP contribution in [0.25, 0.3) is 0 Å². The lowest BCUT2D eigenvalue weighted by molar-refractivity contribution is 0.229. The van der Waals surface area contributed by atoms with Crippen molar-refractivity contribution in [2.75, 3.05) is 14.1 Å². The van der Waals surface area contributed by atoms with Crippen LogP contribution in [0.2, 0.25) is 0 Å². The Morgan fingerprint density at radius 2 is 1.25 bits per heavy atom. The average molecular weight is 187 g/mol. The molecule has 78 valence electrons. The SMILES string of the molecule is CN(C)C1CCCCC1.F.F.F. The molecule has 0 amide bonds. The van der Waals surface area contributed by atoms with E-state index in [0.717, 1.165) is 6.04 Å². The Balaban J connectivity index is -0.000000270. The van der Waals surface area contributed by atoms with E-state index in [-0.39, 0.29) is 14.1 Å². The minimum absolute atomic E-state index is 0. The van der Waals surface area contributed by atoms with Crippen LogP contribution in [-0.4, -0.2) is 25.0 Å². The van der Waals surface area contributed by atoms with E-state index in [9.17, 15) is 0 Å². The van der Waals surface area contributed by atoms with Crippen molar-refractivity contribution < 1.29 is 14.1 Å². The molecule has 0 aromatic carbocycles. The second-order valence-corrected chi connectivity index (χ2v) is 3.26. The molecule has 0 spiro atoms. The monoisotopic (exact) mass is 187 g/mol. The first-order valence-electron chi connectivity index (χ1n) is 3.97. The van der Waals surface area contributed by atoms with Gasteiger partial charge in [-0.1, -0.05) is 19.3 Å². The summed E-state index contributed by atoms with van der Waals surface area (Å²) < 4.78 is 0. The van der Waals surface area contributed by atoms with Gasteiger partial charge in [-0.25, -0.2) is 0 Å². The summed E-state index contributed by atoms with van der Waals surface area (Å²) in [7, 11) is 4.38. The highest BCUT2D eigenvalue weighted by Crippen LogP contribution is 2.20. The van der Waals surface area contributed by atoms with E-state index in [2.05, 4.69) is 19.0 Å². The average Bonchev–Trinajstić information content (AvgIpc) is 1.90. The minimum Gasteiger partial charge on any atom is -0.306 e. The lowest BCUT2D eigenvalue weighted by Gasteiger charge is -2.27. The Hall–Kier alpha value is -0.250. The van der Waals surface area contributed by atoms with Crippen molar-refractivity contribution in [2.45, 2.75) is 38.1 Å². The molecule has 0 aromatic heterocycles. The van der Waals surface area contributed by atoms with Crippen LogP contribution in [0.1, 0.15) is 32.1 Å². The molecular formula is C8H20F3N. The van der Waals surface area contributed by atoms with Crippen LogP contribution in [0.4, 0.5) is 14.1 Å². The second kappa shape index (κ2) is 8.84. The van der Waals surface area contributed by atoms with Gasteiger partial charge >= 0.3 is 0 Å². The fourth-order valence-electron chi connectivity index (χ4n) is 1.60. The number of hydrogen-bond acceptors (Lipinski definition) is 1. The van der Waals surface area contributed by atoms with E-state index in [1.54, 1.807) is 0 Å². The Morgan fingerprint density at radius 1 is 0.833 bits per heavy atom. The summed E-state index contributed by atoms with van der Waals surface area (Å²) in [5.74, 6) is 0. The maximum Gasteiger partial charge on any atom is 0.00891 e. The first-order valence-corrected chi connectivity index (χ1v) is 3.97. The predicted octanol–water partition coefficient (Wildman–Crippen LogP) is 2.34. The van der Waals surface area contributed by atoms with Crippen molar-refractivity contribution in [3.05, 3.63) is 0 Å². The van der Waals surface area contributed by atoms with Gasteiger partial charge in [-0.2, -0.15) is 0 Å². The van der Waals surface area contributed by atoms with Gasteiger partial charge in [0, 0.05) is 6.04 Å². The Labute approximate surface area is 72.2 Å². The third-order valence-electron chi connectivity index (χ3n) is 2.30. The summed E-state index contributed by atoms with van der Waals surface area (Å²) in [5.41, 5.74) is 0. The van der Waals surface area contributed by atoms with Gasteiger partial charge in [-0.3, -0.25) is 14.1 Å². The molecule has 0 radical (unpaired) electrons. The van der Waals surface area contributed by atoms with Crippen molar-refractivity contribution in [2.24, 2.45) is 0 Å². The molecular weight excluding hydrogens is 167 g/mol. The maximum absolute atomic E-state index is 2.36. The zero-order valence-electron chi connectivity index (χ0n) is 7.78. The van der Waals surface area contributed by atoms with Crippen LogP contribution < -0.4 is 0 Å². The third kappa shape index (κ3) is 5.41. The number of nitrogens with zero attached hydrogens (tertiary/aromatic N) is 1. The number of rotatable bonds is 1. The van der Waals surface area contributed by atoms with Gasteiger partial charge in [0.2, 0.25) is 0 Å². The molecule has 0 heterocycles. The van der Waals surface area contributed by atoms with Crippen LogP contribution in [0, 0.1) is 0 Å². The maximum atomic E-state index is 2.36. The van der Waals surface area contributed by atoms with Crippen molar-refractivity contribution in [1.29, 1.82) is 0 Å². The summed E-state index contributed by atoms with van der Waals surface area (Å²) in [4.78, 5) is 2.36. The van der Waals surface area contributed by atoms with E-state index in [4.69, 9.17) is 0 Å². The quantitative estimate of drug-likeness (QED) is 0.609. The van der Waals surface area contributed by atoms with Crippen molar-refractivity contribution in [1.82, 2.24) is 4.90 Å². The summed E-state index contributed by atoms with van der Waals surface area (Å²) in [6, 6.07) is 0.888. The summed E-state index contributed by atoms with van der Waals surface area (Å²) in [5, 5.41) is 0. The normalized spacial score (nSPS) is 17.2. The molecule has 0 aliphatic heterocycles. The smallest absolute Gasteiger partial charge is 0.00891 e. The highest BCUT2D eigenvalue weighted by Gasteiger charge is 2.13. The fourth-order valence-corrected chi connectivity index (χ4v) is 1.60. The molecule has 1 rings (SSSR count). The molecule has 1 fully saturated rings. The van der Waals surface area contributed by atoms with Crippen molar-refractivity contribution in [3.8, 4) is 0 Å². The highest BCUT2D eigenvalue weighted by atomic mass is 19.0. The molecule has 1 aliphatic rings. The first kappa shape index (κ1) is 17.7. The number of hydrogen-bond donors (Lipinski definition) is 0. The van der Waals surface area contributed by atoms with Crippen LogP contribution in [0.5, 0.6) is 0 Å². The van der Waals surface area contributed by atoms with Gasteiger partial charge in [0.15, 0.2) is 0 Å². The third-order valence-corrected chi connectivity index (χ3v) is 2.30. The van der Waals surface area contributed by atoms with Crippen LogP contribution in [-0.2, 0) is 0 Å². The summed E-state index contributed by atoms with van der Waals surface area (Å²) in [6.45, 7) is 0. The molecule has 0 aromatic rings. The second-order valence-electron chi connectivity index (χ2n) is 3.26. The van der Waals surface area contributed by atoms with Crippen LogP contribution >= 0.6 is 0 Å². The largest absolute Gasteiger partial charge is 0.306 e. The van der Waals surface area contributed by atoms with Gasteiger partial charge in [0.05, 0.1) is 0 Å². The molecule has 4 heteroatoms. The van der Waals surface area contributed by atoms with Crippen LogP contribution in [0.15, 0.2) is 0 Å². The molecule has 1 nitrogen and oxygen atoms in total. The molecule has 1 aliphatic carbocycles. The topological polar surface area (TPSA) is 3.24 Å². The van der Waals surface area contributed by atoms with E-state index < -0.39 is 0 Å². The standard InChI is InChI=1S/C8H17N.3FH/c1-9(2)8-6-4-3-5-7-8;;;/h8H,3-7H2,1-2H3;3*1H.